The van der Waals surface area contributed by atoms with Crippen molar-refractivity contribution in [2.75, 3.05) is 13.4 Å². The highest BCUT2D eigenvalue weighted by Crippen LogP contribution is 2.25. The number of halogens is 1. The van der Waals surface area contributed by atoms with Crippen molar-refractivity contribution >= 4 is 11.6 Å². The van der Waals surface area contributed by atoms with E-state index in [-0.39, 0.29) is 6.79 Å². The predicted octanol–water partition coefficient (Wildman–Crippen LogP) is 3.21. The lowest BCUT2D eigenvalue weighted by molar-refractivity contribution is 0.0224. The van der Waals surface area contributed by atoms with Gasteiger partial charge in [0.05, 0.1) is 5.02 Å². The molecule has 0 bridgehead atoms. The Morgan fingerprint density at radius 2 is 2.12 bits per heavy atom. The summed E-state index contributed by atoms with van der Waals surface area (Å²) in [5.74, 6) is 0.661. The Morgan fingerprint density at radius 3 is 2.71 bits per heavy atom. The molecule has 0 fully saturated rings. The van der Waals surface area contributed by atoms with Crippen molar-refractivity contribution in [2.24, 2.45) is 0 Å². The summed E-state index contributed by atoms with van der Waals surface area (Å²) < 4.78 is 10.5. The van der Waals surface area contributed by atoms with Crippen LogP contribution >= 0.6 is 11.6 Å². The molecule has 1 rings (SSSR count). The van der Waals surface area contributed by atoms with Crippen LogP contribution in [0, 0.1) is 0 Å². The van der Waals surface area contributed by atoms with Crippen molar-refractivity contribution < 1.29 is 9.47 Å². The Labute approximate surface area is 108 Å². The molecule has 1 aromatic rings. The Hall–Kier alpha value is -0.770. The first kappa shape index (κ1) is 14.3. The average Bonchev–Trinajstić information content (AvgIpc) is 2.29. The van der Waals surface area contributed by atoms with Gasteiger partial charge in [-0.05, 0) is 24.6 Å². The second kappa shape index (κ2) is 7.54. The lowest BCUT2D eigenvalue weighted by atomic mass is 10.2. The summed E-state index contributed by atoms with van der Waals surface area (Å²) >= 11 is 6.12. The van der Waals surface area contributed by atoms with E-state index in [2.05, 4.69) is 19.2 Å². The molecule has 0 spiro atoms. The standard InChI is InChI=1S/C13H20ClNO2/c1-4-16-9-17-13-6-5-11(7-12(13)14)8-15-10(2)3/h5-7,10,15H,4,8-9H2,1-3H3. The Morgan fingerprint density at radius 1 is 1.35 bits per heavy atom. The molecule has 0 amide bonds. The van der Waals surface area contributed by atoms with Gasteiger partial charge < -0.3 is 14.8 Å². The highest BCUT2D eigenvalue weighted by Gasteiger charge is 2.03. The van der Waals surface area contributed by atoms with E-state index in [0.717, 1.165) is 12.1 Å². The zero-order valence-electron chi connectivity index (χ0n) is 10.6. The molecule has 17 heavy (non-hydrogen) atoms. The summed E-state index contributed by atoms with van der Waals surface area (Å²) in [5.41, 5.74) is 1.15. The van der Waals surface area contributed by atoms with Gasteiger partial charge in [0.25, 0.3) is 0 Å². The molecule has 1 aromatic carbocycles. The highest BCUT2D eigenvalue weighted by atomic mass is 35.5. The fourth-order valence-electron chi connectivity index (χ4n) is 1.28. The van der Waals surface area contributed by atoms with Crippen LogP contribution in [-0.2, 0) is 11.3 Å². The molecule has 0 unspecified atom stereocenters. The van der Waals surface area contributed by atoms with Crippen LogP contribution in [0.4, 0.5) is 0 Å². The maximum Gasteiger partial charge on any atom is 0.189 e. The number of nitrogens with one attached hydrogen (secondary N) is 1. The van der Waals surface area contributed by atoms with Crippen molar-refractivity contribution in [2.45, 2.75) is 33.4 Å². The molecular weight excluding hydrogens is 238 g/mol. The van der Waals surface area contributed by atoms with Gasteiger partial charge in [-0.2, -0.15) is 0 Å². The number of rotatable bonds is 7. The molecule has 0 radical (unpaired) electrons. The zero-order chi connectivity index (χ0) is 12.7. The van der Waals surface area contributed by atoms with Gasteiger partial charge in [0.2, 0.25) is 0 Å². The topological polar surface area (TPSA) is 30.5 Å². The summed E-state index contributed by atoms with van der Waals surface area (Å²) in [4.78, 5) is 0. The van der Waals surface area contributed by atoms with Gasteiger partial charge in [0.1, 0.15) is 5.75 Å². The van der Waals surface area contributed by atoms with E-state index in [1.807, 2.05) is 25.1 Å². The molecule has 4 heteroatoms. The van der Waals surface area contributed by atoms with Gasteiger partial charge >= 0.3 is 0 Å². The number of hydrogen-bond acceptors (Lipinski definition) is 3. The number of benzene rings is 1. The summed E-state index contributed by atoms with van der Waals surface area (Å²) in [6.07, 6.45) is 0. The fraction of sp³-hybridized carbons (Fsp3) is 0.538. The Bertz CT molecular complexity index is 342. The quantitative estimate of drug-likeness (QED) is 0.601. The minimum atomic E-state index is 0.236. The van der Waals surface area contributed by atoms with Crippen LogP contribution in [0.25, 0.3) is 0 Å². The third kappa shape index (κ3) is 5.39. The van der Waals surface area contributed by atoms with Crippen molar-refractivity contribution in [1.29, 1.82) is 0 Å². The van der Waals surface area contributed by atoms with E-state index in [9.17, 15) is 0 Å². The first-order valence-corrected chi connectivity index (χ1v) is 6.23. The fourth-order valence-corrected chi connectivity index (χ4v) is 1.54. The van der Waals surface area contributed by atoms with Gasteiger partial charge in [-0.1, -0.05) is 31.5 Å². The van der Waals surface area contributed by atoms with E-state index < -0.39 is 0 Å². The molecule has 1 N–H and O–H groups in total. The third-order valence-electron chi connectivity index (χ3n) is 2.21. The predicted molar refractivity (Wildman–Crippen MR) is 70.5 cm³/mol. The van der Waals surface area contributed by atoms with Gasteiger partial charge in [0.15, 0.2) is 6.79 Å². The van der Waals surface area contributed by atoms with Crippen LogP contribution in [0.1, 0.15) is 26.3 Å². The number of ether oxygens (including phenoxy) is 2. The van der Waals surface area contributed by atoms with E-state index in [0.29, 0.717) is 23.4 Å². The molecule has 96 valence electrons. The van der Waals surface area contributed by atoms with Crippen LogP contribution in [0.5, 0.6) is 5.75 Å². The first-order chi connectivity index (χ1) is 8.13. The lowest BCUT2D eigenvalue weighted by Gasteiger charge is -2.11. The second-order valence-electron chi connectivity index (χ2n) is 4.06. The molecular formula is C13H20ClNO2. The van der Waals surface area contributed by atoms with E-state index in [1.165, 1.54) is 0 Å². The number of hydrogen-bond donors (Lipinski definition) is 1. The molecule has 3 nitrogen and oxygen atoms in total. The summed E-state index contributed by atoms with van der Waals surface area (Å²) in [6, 6.07) is 6.25. The van der Waals surface area contributed by atoms with Crippen LogP contribution < -0.4 is 10.1 Å². The molecule has 0 aliphatic rings. The average molecular weight is 258 g/mol. The van der Waals surface area contributed by atoms with Crippen molar-refractivity contribution in [3.05, 3.63) is 28.8 Å². The van der Waals surface area contributed by atoms with Crippen LogP contribution in [0.15, 0.2) is 18.2 Å². The third-order valence-corrected chi connectivity index (χ3v) is 2.51. The Balaban J connectivity index is 2.53. The highest BCUT2D eigenvalue weighted by molar-refractivity contribution is 6.32. The molecule has 0 saturated heterocycles. The molecule has 0 saturated carbocycles. The summed E-state index contributed by atoms with van der Waals surface area (Å²) in [7, 11) is 0. The van der Waals surface area contributed by atoms with E-state index >= 15 is 0 Å². The van der Waals surface area contributed by atoms with Crippen LogP contribution in [0.3, 0.4) is 0 Å². The normalized spacial score (nSPS) is 10.9. The van der Waals surface area contributed by atoms with Crippen molar-refractivity contribution in [1.82, 2.24) is 5.32 Å². The lowest BCUT2D eigenvalue weighted by Crippen LogP contribution is -2.21. The minimum Gasteiger partial charge on any atom is -0.466 e. The Kier molecular flexibility index (Phi) is 6.34. The molecule has 0 aliphatic carbocycles. The van der Waals surface area contributed by atoms with Crippen LogP contribution in [-0.4, -0.2) is 19.4 Å². The zero-order valence-corrected chi connectivity index (χ0v) is 11.4. The smallest absolute Gasteiger partial charge is 0.189 e. The van der Waals surface area contributed by atoms with Crippen molar-refractivity contribution in [3.8, 4) is 5.75 Å². The first-order valence-electron chi connectivity index (χ1n) is 5.85. The van der Waals surface area contributed by atoms with E-state index in [4.69, 9.17) is 21.1 Å². The largest absolute Gasteiger partial charge is 0.466 e. The summed E-state index contributed by atoms with van der Waals surface area (Å²) in [5, 5.41) is 3.95. The monoisotopic (exact) mass is 257 g/mol. The van der Waals surface area contributed by atoms with Gasteiger partial charge in [-0.25, -0.2) is 0 Å². The molecule has 0 aliphatic heterocycles. The minimum absolute atomic E-state index is 0.236. The van der Waals surface area contributed by atoms with Gasteiger partial charge in [-0.15, -0.1) is 0 Å². The maximum atomic E-state index is 6.12. The summed E-state index contributed by atoms with van der Waals surface area (Å²) in [6.45, 7) is 7.82. The molecule has 0 heterocycles. The van der Waals surface area contributed by atoms with E-state index in [1.54, 1.807) is 0 Å². The van der Waals surface area contributed by atoms with Gasteiger partial charge in [-0.3, -0.25) is 0 Å². The van der Waals surface area contributed by atoms with Crippen LogP contribution in [0.2, 0.25) is 5.02 Å². The van der Waals surface area contributed by atoms with Crippen molar-refractivity contribution in [3.63, 3.8) is 0 Å². The molecule has 0 atom stereocenters. The van der Waals surface area contributed by atoms with Gasteiger partial charge in [0, 0.05) is 19.2 Å². The second-order valence-corrected chi connectivity index (χ2v) is 4.46. The molecule has 0 aromatic heterocycles. The SMILES string of the molecule is CCOCOc1ccc(CNC(C)C)cc1Cl. The maximum absolute atomic E-state index is 6.12.